The van der Waals surface area contributed by atoms with E-state index in [9.17, 15) is 9.59 Å². The van der Waals surface area contributed by atoms with Crippen LogP contribution in [0.1, 0.15) is 120 Å². The Labute approximate surface area is 324 Å². The summed E-state index contributed by atoms with van der Waals surface area (Å²) in [6.45, 7) is 3.68. The van der Waals surface area contributed by atoms with E-state index in [1.165, 1.54) is 11.6 Å². The molecule has 292 valence electrons. The third kappa shape index (κ3) is 13.9. The van der Waals surface area contributed by atoms with Crippen molar-refractivity contribution in [3.05, 3.63) is 78.4 Å². The van der Waals surface area contributed by atoms with E-state index in [1.807, 2.05) is 48.5 Å². The zero-order valence-electron chi connectivity index (χ0n) is 31.9. The average Bonchev–Trinajstić information content (AvgIpc) is 3.51. The van der Waals surface area contributed by atoms with Crippen LogP contribution in [0.3, 0.4) is 0 Å². The van der Waals surface area contributed by atoms with Gasteiger partial charge in [0, 0.05) is 6.61 Å². The Morgan fingerprint density at radius 3 is 2.21 bits per heavy atom. The van der Waals surface area contributed by atoms with Crippen LogP contribution in [0.5, 0.6) is 0 Å². The van der Waals surface area contributed by atoms with Gasteiger partial charge in [-0.15, -0.1) is 0 Å². The van der Waals surface area contributed by atoms with Gasteiger partial charge < -0.3 is 4.74 Å². The van der Waals surface area contributed by atoms with Gasteiger partial charge in [0.2, 0.25) is 0 Å². The van der Waals surface area contributed by atoms with Crippen molar-refractivity contribution in [1.29, 1.82) is 0 Å². The monoisotopic (exact) mass is 798 g/mol. The molecule has 1 aliphatic carbocycles. The predicted octanol–water partition coefficient (Wildman–Crippen LogP) is 8.75. The zero-order chi connectivity index (χ0) is 37.1. The first-order valence-electron chi connectivity index (χ1n) is 20.3. The van der Waals surface area contributed by atoms with Crippen molar-refractivity contribution in [2.75, 3.05) is 20.3 Å². The van der Waals surface area contributed by atoms with E-state index in [1.54, 1.807) is 0 Å². The van der Waals surface area contributed by atoms with Crippen molar-refractivity contribution in [2.24, 2.45) is 11.8 Å². The molecule has 53 heavy (non-hydrogen) atoms. The molecule has 2 saturated heterocycles. The molecule has 0 radical (unpaired) electrons. The molecule has 5 rings (SSSR count). The minimum atomic E-state index is -0.336. The second-order valence-corrected chi connectivity index (χ2v) is 17.4. The minimum absolute atomic E-state index is 0.0168. The molecule has 2 aliphatic heterocycles. The van der Waals surface area contributed by atoms with Crippen LogP contribution < -0.4 is 4.46 Å². The Morgan fingerprint density at radius 1 is 0.830 bits per heavy atom. The number of hydrogen-bond donors (Lipinski definition) is 0. The van der Waals surface area contributed by atoms with Crippen molar-refractivity contribution in [3.63, 3.8) is 0 Å². The third-order valence-corrected chi connectivity index (χ3v) is 13.3. The number of esters is 2. The molecule has 3 unspecified atom stereocenters. The number of carbonyl (C=O) groups is 2. The number of methoxy groups -OCH3 is 1. The van der Waals surface area contributed by atoms with Crippen molar-refractivity contribution in [1.82, 2.24) is 0 Å². The van der Waals surface area contributed by atoms with Crippen LogP contribution in [0.4, 0.5) is 0 Å². The maximum atomic E-state index is 13.5. The zero-order valence-corrected chi connectivity index (χ0v) is 33.7. The van der Waals surface area contributed by atoms with Gasteiger partial charge in [-0.1, -0.05) is 44.4 Å². The summed E-state index contributed by atoms with van der Waals surface area (Å²) in [6.07, 6.45) is 19.3. The summed E-state index contributed by atoms with van der Waals surface area (Å²) in [4.78, 5) is 26.1. The minimum Gasteiger partial charge on any atom is -0.353 e. The van der Waals surface area contributed by atoms with Gasteiger partial charge in [0.15, 0.2) is 6.29 Å². The van der Waals surface area contributed by atoms with E-state index in [2.05, 4.69) is 31.2 Å². The number of benzene rings is 2. The average molecular weight is 798 g/mol. The predicted molar refractivity (Wildman–Crippen MR) is 208 cm³/mol. The fourth-order valence-corrected chi connectivity index (χ4v) is 10.1. The summed E-state index contributed by atoms with van der Waals surface area (Å²) >= 11 is 0.0168. The van der Waals surface area contributed by atoms with Crippen LogP contribution in [0, 0.1) is 11.8 Å². The van der Waals surface area contributed by atoms with E-state index in [0.29, 0.717) is 18.6 Å². The Kier molecular flexibility index (Phi) is 18.4. The quantitative estimate of drug-likeness (QED) is 0.0537. The summed E-state index contributed by atoms with van der Waals surface area (Å²) in [5.41, 5.74) is 0.555. The van der Waals surface area contributed by atoms with Gasteiger partial charge in [-0.25, -0.2) is 0 Å². The number of ether oxygens (including phenoxy) is 6. The molecular formula is C44H62O8Se. The fourth-order valence-electron chi connectivity index (χ4n) is 7.78. The SMILES string of the molecule is CCCCC[C@@H](/C=C/[C@@H]1[C@@H](CCCCCC([Se]c2ccccc2)C(=O)OC)[C@@H](OC2CCCCO2)C[C@H]1OC(=O)c1ccccc1)OC1CCCCO1. The van der Waals surface area contributed by atoms with Gasteiger partial charge >= 0.3 is 225 Å². The van der Waals surface area contributed by atoms with Crippen molar-refractivity contribution in [3.8, 4) is 0 Å². The second-order valence-electron chi connectivity index (χ2n) is 14.7. The first kappa shape index (κ1) is 41.6. The van der Waals surface area contributed by atoms with Crippen molar-refractivity contribution >= 4 is 31.4 Å². The Hall–Kier alpha value is -2.52. The standard InChI is InChI=1S/C44H62O8Se/c1-3-4-8-21-34(50-41-26-15-17-30-48-41)28-29-37-36(24-13-7-14-25-40(44(46)47-2)53-35-22-11-6-12-23-35)38(51-42-27-16-18-31-49-42)32-39(37)52-43(45)33-19-9-5-10-20-33/h5-6,9-12,19-20,22-23,28-29,34,36-42H,3-4,7-8,13-18,21,24-27,30-32H2,1-2H3/b29-28+/t34-,36+,37+,38-,39+,40?,41?,42?/m0/s1. The second kappa shape index (κ2) is 23.4. The van der Waals surface area contributed by atoms with Crippen LogP contribution in [0.15, 0.2) is 72.8 Å². The van der Waals surface area contributed by atoms with Gasteiger partial charge in [0.05, 0.1) is 0 Å². The molecule has 0 N–H and O–H groups in total. The van der Waals surface area contributed by atoms with E-state index >= 15 is 0 Å². The van der Waals surface area contributed by atoms with Crippen LogP contribution >= 0.6 is 0 Å². The Bertz CT molecular complexity index is 1340. The molecule has 9 heteroatoms. The van der Waals surface area contributed by atoms with Gasteiger partial charge in [0.25, 0.3) is 0 Å². The van der Waals surface area contributed by atoms with Crippen molar-refractivity contribution in [2.45, 2.75) is 145 Å². The fraction of sp³-hybridized carbons (Fsp3) is 0.636. The van der Waals surface area contributed by atoms with Crippen LogP contribution in [0.2, 0.25) is 4.82 Å². The molecule has 0 spiro atoms. The molecule has 0 aromatic heterocycles. The molecule has 2 heterocycles. The molecule has 2 aromatic rings. The topological polar surface area (TPSA) is 89.5 Å². The molecular weight excluding hydrogens is 735 g/mol. The first-order chi connectivity index (χ1) is 26.0. The number of rotatable bonds is 21. The Morgan fingerprint density at radius 2 is 1.53 bits per heavy atom. The molecule has 3 fully saturated rings. The summed E-state index contributed by atoms with van der Waals surface area (Å²) in [5, 5.41) is 0. The van der Waals surface area contributed by atoms with Gasteiger partial charge in [-0.2, -0.15) is 0 Å². The molecule has 8 atom stereocenters. The van der Waals surface area contributed by atoms with Crippen LogP contribution in [-0.4, -0.2) is 78.1 Å². The van der Waals surface area contributed by atoms with Gasteiger partial charge in [-0.05, 0) is 37.8 Å². The van der Waals surface area contributed by atoms with Crippen LogP contribution in [-0.2, 0) is 33.2 Å². The summed E-state index contributed by atoms with van der Waals surface area (Å²) in [6, 6.07) is 19.5. The first-order valence-corrected chi connectivity index (χ1v) is 22.2. The van der Waals surface area contributed by atoms with Crippen molar-refractivity contribution < 1.29 is 38.0 Å². The molecule has 8 nitrogen and oxygen atoms in total. The molecule has 2 aromatic carbocycles. The number of hydrogen-bond acceptors (Lipinski definition) is 8. The molecule has 0 bridgehead atoms. The molecule has 1 saturated carbocycles. The van der Waals surface area contributed by atoms with E-state index in [-0.39, 0.29) is 74.4 Å². The number of carbonyl (C=O) groups excluding carboxylic acids is 2. The normalized spacial score (nSPS) is 25.9. The molecule has 0 amide bonds. The summed E-state index contributed by atoms with van der Waals surface area (Å²) in [5.74, 6) is -0.321. The smallest absolute Gasteiger partial charge is 0.353 e. The summed E-state index contributed by atoms with van der Waals surface area (Å²) < 4.78 is 38.2. The van der Waals surface area contributed by atoms with E-state index < -0.39 is 0 Å². The third-order valence-electron chi connectivity index (χ3n) is 10.7. The van der Waals surface area contributed by atoms with E-state index in [0.717, 1.165) is 103 Å². The van der Waals surface area contributed by atoms with E-state index in [4.69, 9.17) is 28.4 Å². The van der Waals surface area contributed by atoms with Gasteiger partial charge in [0.1, 0.15) is 0 Å². The summed E-state index contributed by atoms with van der Waals surface area (Å²) in [7, 11) is 1.49. The Balaban J connectivity index is 1.31. The van der Waals surface area contributed by atoms with Crippen LogP contribution in [0.25, 0.3) is 0 Å². The molecule has 3 aliphatic rings. The van der Waals surface area contributed by atoms with Gasteiger partial charge in [-0.3, -0.25) is 0 Å². The maximum absolute atomic E-state index is 13.5. The number of unbranched alkanes of at least 4 members (excludes halogenated alkanes) is 4.